The van der Waals surface area contributed by atoms with E-state index in [2.05, 4.69) is 6.58 Å². The number of hydrogen-bond donors (Lipinski definition) is 1. The second-order valence-corrected chi connectivity index (χ2v) is 4.60. The van der Waals surface area contributed by atoms with Crippen LogP contribution in [0.15, 0.2) is 24.2 Å². The Morgan fingerprint density at radius 2 is 2.58 bits per heavy atom. The minimum absolute atomic E-state index is 0.255. The largest absolute Gasteiger partial charge is 0.426 e. The van der Waals surface area contributed by atoms with Gasteiger partial charge in [0.05, 0.1) is 0 Å². The van der Waals surface area contributed by atoms with Crippen molar-refractivity contribution in [2.75, 3.05) is 0 Å². The van der Waals surface area contributed by atoms with E-state index in [0.29, 0.717) is 5.76 Å². The minimum Gasteiger partial charge on any atom is -0.426 e. The molecule has 0 spiro atoms. The van der Waals surface area contributed by atoms with E-state index in [4.69, 9.17) is 9.42 Å². The molecule has 3 nitrogen and oxygen atoms in total. The highest BCUT2D eigenvalue weighted by atomic mass is 31.2. The van der Waals surface area contributed by atoms with Crippen LogP contribution in [0.3, 0.4) is 0 Å². The Morgan fingerprint density at radius 1 is 1.92 bits per heavy atom. The third-order valence-electron chi connectivity index (χ3n) is 1.90. The number of rotatable bonds is 3. The molecule has 0 saturated heterocycles. The Hall–Kier alpha value is -0.530. The van der Waals surface area contributed by atoms with E-state index < -0.39 is 7.60 Å². The fourth-order valence-corrected chi connectivity index (χ4v) is 1.77. The maximum Gasteiger partial charge on any atom is 0.400 e. The van der Waals surface area contributed by atoms with Crippen LogP contribution in [0.5, 0.6) is 0 Å². The van der Waals surface area contributed by atoms with Gasteiger partial charge in [-0.05, 0) is 18.9 Å². The van der Waals surface area contributed by atoms with Gasteiger partial charge in [0.25, 0.3) is 0 Å². The zero-order valence-corrected chi connectivity index (χ0v) is 7.96. The molecule has 0 aliphatic heterocycles. The Kier molecular flexibility index (Phi) is 2.76. The van der Waals surface area contributed by atoms with E-state index in [-0.39, 0.29) is 5.92 Å². The van der Waals surface area contributed by atoms with Crippen LogP contribution in [0.25, 0.3) is 0 Å². The predicted octanol–water partition coefficient (Wildman–Crippen LogP) is 2.65. The van der Waals surface area contributed by atoms with Gasteiger partial charge in [-0.25, -0.2) is 4.57 Å². The first-order valence-corrected chi connectivity index (χ1v) is 5.55. The predicted molar refractivity (Wildman–Crippen MR) is 47.6 cm³/mol. The van der Waals surface area contributed by atoms with Gasteiger partial charge in [-0.15, -0.1) is 0 Å². The monoisotopic (exact) mass is 188 g/mol. The summed E-state index contributed by atoms with van der Waals surface area (Å²) in [6, 6.07) is 0. The highest BCUT2D eigenvalue weighted by Crippen LogP contribution is 2.48. The smallest absolute Gasteiger partial charge is 0.400 e. The molecule has 0 bridgehead atoms. The summed E-state index contributed by atoms with van der Waals surface area (Å²) < 4.78 is 16.0. The van der Waals surface area contributed by atoms with Gasteiger partial charge in [0.15, 0.2) is 0 Å². The molecule has 1 aliphatic rings. The number of hydrogen-bond acceptors (Lipinski definition) is 2. The summed E-state index contributed by atoms with van der Waals surface area (Å²) in [5.74, 6) is 1.84. The van der Waals surface area contributed by atoms with E-state index in [1.54, 1.807) is 0 Å². The van der Waals surface area contributed by atoms with Crippen LogP contribution in [0, 0.1) is 5.92 Å². The van der Waals surface area contributed by atoms with E-state index >= 15 is 0 Å². The molecule has 0 fully saturated rings. The highest BCUT2D eigenvalue weighted by molar-refractivity contribution is 7.56. The molecule has 0 saturated carbocycles. The van der Waals surface area contributed by atoms with Crippen molar-refractivity contribution < 1.29 is 14.0 Å². The van der Waals surface area contributed by atoms with E-state index in [9.17, 15) is 4.57 Å². The van der Waals surface area contributed by atoms with Crippen LogP contribution in [-0.4, -0.2) is 4.89 Å². The summed E-state index contributed by atoms with van der Waals surface area (Å²) >= 11 is 0. The Bertz CT molecular complexity index is 257. The lowest BCUT2D eigenvalue weighted by Gasteiger charge is -2.13. The Labute approximate surface area is 72.3 Å². The third-order valence-corrected chi connectivity index (χ3v) is 2.83. The highest BCUT2D eigenvalue weighted by Gasteiger charge is 2.23. The summed E-state index contributed by atoms with van der Waals surface area (Å²) in [5.41, 5.74) is 0. The quantitative estimate of drug-likeness (QED) is 0.692. The van der Waals surface area contributed by atoms with Crippen LogP contribution in [-0.2, 0) is 9.09 Å². The molecule has 0 aromatic rings. The summed E-state index contributed by atoms with van der Waals surface area (Å²) in [5, 5.41) is 0. The van der Waals surface area contributed by atoms with Gasteiger partial charge in [0.1, 0.15) is 5.76 Å². The fraction of sp³-hybridized carbons (Fsp3) is 0.500. The molecule has 1 aliphatic carbocycles. The number of allylic oxidation sites excluding steroid dienone is 2. The van der Waals surface area contributed by atoms with Gasteiger partial charge in [0, 0.05) is 11.7 Å². The van der Waals surface area contributed by atoms with Crippen LogP contribution in [0.4, 0.5) is 0 Å². The molecule has 0 radical (unpaired) electrons. The van der Waals surface area contributed by atoms with Crippen molar-refractivity contribution >= 4 is 7.60 Å². The lowest BCUT2D eigenvalue weighted by Crippen LogP contribution is -1.95. The average Bonchev–Trinajstić information content (AvgIpc) is 2.36. The van der Waals surface area contributed by atoms with Crippen LogP contribution in [0.1, 0.15) is 19.8 Å². The van der Waals surface area contributed by atoms with Crippen molar-refractivity contribution in [3.63, 3.8) is 0 Å². The lowest BCUT2D eigenvalue weighted by atomic mass is 10.1. The molecule has 0 aromatic heterocycles. The van der Waals surface area contributed by atoms with Crippen LogP contribution in [0.2, 0.25) is 0 Å². The molecular weight excluding hydrogens is 175 g/mol. The first kappa shape index (κ1) is 9.56. The zero-order valence-electron chi connectivity index (χ0n) is 7.06. The first-order chi connectivity index (χ1) is 5.55. The summed E-state index contributed by atoms with van der Waals surface area (Å²) in [4.78, 5) is 9.08. The van der Waals surface area contributed by atoms with Gasteiger partial charge in [0.2, 0.25) is 0 Å². The van der Waals surface area contributed by atoms with Crippen molar-refractivity contribution in [3.05, 3.63) is 24.2 Å². The maximum atomic E-state index is 11.1. The second kappa shape index (κ2) is 3.46. The molecule has 1 rings (SSSR count). The third kappa shape index (κ3) is 2.23. The summed E-state index contributed by atoms with van der Waals surface area (Å²) in [6.45, 7) is 5.21. The normalized spacial score (nSPS) is 27.5. The lowest BCUT2D eigenvalue weighted by molar-refractivity contribution is 0.307. The molecular formula is C8H13O3P. The van der Waals surface area contributed by atoms with E-state index in [1.165, 1.54) is 0 Å². The van der Waals surface area contributed by atoms with Gasteiger partial charge in [-0.2, -0.15) is 0 Å². The van der Waals surface area contributed by atoms with Gasteiger partial charge in [-0.3, -0.25) is 0 Å². The maximum absolute atomic E-state index is 11.1. The summed E-state index contributed by atoms with van der Waals surface area (Å²) in [7, 11) is -3.56. The van der Waals surface area contributed by atoms with Crippen LogP contribution >= 0.6 is 7.60 Å². The van der Waals surface area contributed by atoms with Gasteiger partial charge < -0.3 is 9.42 Å². The standard InChI is InChI=1S/C8H13O3P/c1-3-12(9,10)11-8-6-4-5-7(8)2/h3,6-7H,1,4-5H2,2H3,(H,9,10). The van der Waals surface area contributed by atoms with Crippen molar-refractivity contribution in [3.8, 4) is 0 Å². The molecule has 0 aromatic carbocycles. The van der Waals surface area contributed by atoms with Crippen LogP contribution < -0.4 is 0 Å². The average molecular weight is 188 g/mol. The molecule has 4 heteroatoms. The molecule has 12 heavy (non-hydrogen) atoms. The van der Waals surface area contributed by atoms with Crippen molar-refractivity contribution in [2.24, 2.45) is 5.92 Å². The topological polar surface area (TPSA) is 46.5 Å². The molecule has 0 amide bonds. The van der Waals surface area contributed by atoms with E-state index in [0.717, 1.165) is 18.7 Å². The second-order valence-electron chi connectivity index (χ2n) is 2.92. The van der Waals surface area contributed by atoms with Gasteiger partial charge >= 0.3 is 7.60 Å². The summed E-state index contributed by atoms with van der Waals surface area (Å²) in [6.07, 6.45) is 3.77. The van der Waals surface area contributed by atoms with E-state index in [1.807, 2.05) is 13.0 Å². The molecule has 0 heterocycles. The van der Waals surface area contributed by atoms with Crippen molar-refractivity contribution in [1.82, 2.24) is 0 Å². The van der Waals surface area contributed by atoms with Gasteiger partial charge in [-0.1, -0.05) is 13.5 Å². The molecule has 2 unspecified atom stereocenters. The van der Waals surface area contributed by atoms with Crippen molar-refractivity contribution in [2.45, 2.75) is 19.8 Å². The SMILES string of the molecule is C=CP(=O)(O)OC1=CCCC1C. The van der Waals surface area contributed by atoms with Crippen molar-refractivity contribution in [1.29, 1.82) is 0 Å². The molecule has 2 atom stereocenters. The molecule has 1 N–H and O–H groups in total. The Morgan fingerprint density at radius 3 is 3.00 bits per heavy atom. The fourth-order valence-electron chi connectivity index (χ4n) is 1.13. The molecule has 68 valence electrons. The zero-order chi connectivity index (χ0) is 9.19. The minimum atomic E-state index is -3.56. The first-order valence-electron chi connectivity index (χ1n) is 3.91. The Balaban J connectivity index is 2.63.